The van der Waals surface area contributed by atoms with Crippen LogP contribution >= 0.6 is 0 Å². The van der Waals surface area contributed by atoms with Crippen molar-refractivity contribution in [2.24, 2.45) is 0 Å². The lowest BCUT2D eigenvalue weighted by Gasteiger charge is -2.17. The maximum atomic E-state index is 13.0. The molecule has 7 heteroatoms. The van der Waals surface area contributed by atoms with Gasteiger partial charge in [-0.3, -0.25) is 0 Å². The normalized spacial score (nSPS) is 26.4. The number of halogens is 1. The molecule has 1 aliphatic heterocycles. The smallest absolute Gasteiger partial charge is 0.164 e. The van der Waals surface area contributed by atoms with E-state index in [4.69, 9.17) is 4.74 Å². The molecule has 4 rings (SSSR count). The van der Waals surface area contributed by atoms with Gasteiger partial charge in [-0.2, -0.15) is 0 Å². The van der Waals surface area contributed by atoms with E-state index in [1.165, 1.54) is 18.5 Å². The second-order valence-electron chi connectivity index (χ2n) is 6.30. The predicted octanol–water partition coefficient (Wildman–Crippen LogP) is 1.74. The number of aliphatic hydroxyl groups is 2. The molecule has 0 bridgehead atoms. The zero-order chi connectivity index (χ0) is 17.6. The molecule has 6 nitrogen and oxygen atoms in total. The number of hydrogen-bond donors (Lipinski definition) is 2. The van der Waals surface area contributed by atoms with Gasteiger partial charge in [-0.15, -0.1) is 0 Å². The minimum Gasteiger partial charge on any atom is -0.388 e. The lowest BCUT2D eigenvalue weighted by atomic mass is 10.0. The summed E-state index contributed by atoms with van der Waals surface area (Å²) in [6, 6.07) is 7.88. The molecule has 1 aromatic carbocycles. The molecule has 1 saturated heterocycles. The van der Waals surface area contributed by atoms with Crippen molar-refractivity contribution in [1.82, 2.24) is 14.5 Å². The molecule has 0 aliphatic carbocycles. The Balaban J connectivity index is 1.61. The summed E-state index contributed by atoms with van der Waals surface area (Å²) in [6.45, 7) is 1.88. The van der Waals surface area contributed by atoms with Crippen molar-refractivity contribution in [3.8, 4) is 0 Å². The van der Waals surface area contributed by atoms with Gasteiger partial charge in [0.1, 0.15) is 30.0 Å². The van der Waals surface area contributed by atoms with E-state index in [1.807, 2.05) is 13.0 Å². The van der Waals surface area contributed by atoms with E-state index >= 15 is 0 Å². The number of nitrogens with zero attached hydrogens (tertiary/aromatic N) is 3. The third kappa shape index (κ3) is 2.80. The monoisotopic (exact) mass is 343 g/mol. The van der Waals surface area contributed by atoms with E-state index in [1.54, 1.807) is 22.9 Å². The van der Waals surface area contributed by atoms with Crippen molar-refractivity contribution < 1.29 is 19.3 Å². The number of ether oxygens (including phenoxy) is 1. The van der Waals surface area contributed by atoms with Crippen LogP contribution in [0.5, 0.6) is 0 Å². The molecule has 4 unspecified atom stereocenters. The van der Waals surface area contributed by atoms with Crippen molar-refractivity contribution in [2.75, 3.05) is 0 Å². The fourth-order valence-corrected chi connectivity index (χ4v) is 3.28. The zero-order valence-corrected chi connectivity index (χ0v) is 13.6. The van der Waals surface area contributed by atoms with Gasteiger partial charge in [-0.1, -0.05) is 12.1 Å². The van der Waals surface area contributed by atoms with Crippen LogP contribution in [0.4, 0.5) is 4.39 Å². The van der Waals surface area contributed by atoms with Crippen LogP contribution in [0.1, 0.15) is 17.5 Å². The van der Waals surface area contributed by atoms with Gasteiger partial charge in [-0.05, 0) is 30.7 Å². The second-order valence-corrected chi connectivity index (χ2v) is 6.30. The number of aryl methyl sites for hydroxylation is 1. The Bertz CT molecular complexity index is 896. The third-order valence-corrected chi connectivity index (χ3v) is 4.67. The van der Waals surface area contributed by atoms with Crippen LogP contribution in [0.15, 0.2) is 42.9 Å². The minimum absolute atomic E-state index is 0.316. The first-order chi connectivity index (χ1) is 12.0. The molecule has 4 atom stereocenters. The first kappa shape index (κ1) is 16.1. The quantitative estimate of drug-likeness (QED) is 0.757. The molecule has 3 heterocycles. The highest BCUT2D eigenvalue weighted by Gasteiger charge is 2.43. The highest BCUT2D eigenvalue weighted by molar-refractivity contribution is 5.78. The Morgan fingerprint density at radius 2 is 1.88 bits per heavy atom. The van der Waals surface area contributed by atoms with E-state index in [2.05, 4.69) is 9.97 Å². The van der Waals surface area contributed by atoms with Gasteiger partial charge in [0, 0.05) is 18.0 Å². The van der Waals surface area contributed by atoms with Gasteiger partial charge in [0.2, 0.25) is 0 Å². The van der Waals surface area contributed by atoms with Crippen LogP contribution in [0, 0.1) is 12.7 Å². The molecule has 0 radical (unpaired) electrons. The van der Waals surface area contributed by atoms with Crippen LogP contribution in [0.2, 0.25) is 0 Å². The van der Waals surface area contributed by atoms with E-state index in [0.717, 1.165) is 16.6 Å². The fraction of sp³-hybridized carbons (Fsp3) is 0.333. The molecule has 0 spiro atoms. The SMILES string of the molecule is Cc1ncnc2c1ccn2C1OC(Cc2ccc(F)cc2)C(O)C1O. The molecule has 3 aromatic rings. The van der Waals surface area contributed by atoms with Crippen LogP contribution in [0.3, 0.4) is 0 Å². The van der Waals surface area contributed by atoms with Gasteiger partial charge in [0.15, 0.2) is 6.23 Å². The van der Waals surface area contributed by atoms with Crippen molar-refractivity contribution in [2.45, 2.75) is 37.9 Å². The summed E-state index contributed by atoms with van der Waals surface area (Å²) in [5, 5.41) is 21.7. The van der Waals surface area contributed by atoms with Crippen LogP contribution in [0.25, 0.3) is 11.0 Å². The van der Waals surface area contributed by atoms with Crippen LogP contribution < -0.4 is 0 Å². The van der Waals surface area contributed by atoms with Gasteiger partial charge < -0.3 is 19.5 Å². The average molecular weight is 343 g/mol. The molecular weight excluding hydrogens is 325 g/mol. The number of aliphatic hydroxyl groups excluding tert-OH is 2. The Kier molecular flexibility index (Phi) is 3.99. The molecule has 0 saturated carbocycles. The molecule has 25 heavy (non-hydrogen) atoms. The lowest BCUT2D eigenvalue weighted by molar-refractivity contribution is -0.0341. The van der Waals surface area contributed by atoms with Gasteiger partial charge in [0.25, 0.3) is 0 Å². The summed E-state index contributed by atoms with van der Waals surface area (Å²) < 4.78 is 20.7. The van der Waals surface area contributed by atoms with Gasteiger partial charge in [0.05, 0.1) is 11.8 Å². The standard InChI is InChI=1S/C18H18FN3O3/c1-10-13-6-7-22(17(13)21-9-20-10)18-16(24)15(23)14(25-18)8-11-2-4-12(19)5-3-11/h2-7,9,14-16,18,23-24H,8H2,1H3. The number of rotatable bonds is 3. The first-order valence-corrected chi connectivity index (χ1v) is 8.09. The number of hydrogen-bond acceptors (Lipinski definition) is 5. The van der Waals surface area contributed by atoms with Crippen molar-refractivity contribution in [3.05, 3.63) is 59.9 Å². The Morgan fingerprint density at radius 1 is 1.12 bits per heavy atom. The van der Waals surface area contributed by atoms with Crippen molar-refractivity contribution in [3.63, 3.8) is 0 Å². The molecule has 2 aromatic heterocycles. The Hall–Kier alpha value is -2.35. The van der Waals surface area contributed by atoms with Crippen LogP contribution in [-0.4, -0.2) is 43.1 Å². The molecule has 0 amide bonds. The average Bonchev–Trinajstić information content (AvgIpc) is 3.14. The maximum absolute atomic E-state index is 13.0. The van der Waals surface area contributed by atoms with Crippen molar-refractivity contribution in [1.29, 1.82) is 0 Å². The van der Waals surface area contributed by atoms with E-state index in [-0.39, 0.29) is 5.82 Å². The summed E-state index contributed by atoms with van der Waals surface area (Å²) in [5.74, 6) is -0.316. The summed E-state index contributed by atoms with van der Waals surface area (Å²) in [7, 11) is 0. The van der Waals surface area contributed by atoms with Gasteiger partial charge in [-0.25, -0.2) is 14.4 Å². The number of benzene rings is 1. The topological polar surface area (TPSA) is 80.4 Å². The largest absolute Gasteiger partial charge is 0.388 e. The summed E-state index contributed by atoms with van der Waals surface area (Å²) in [4.78, 5) is 8.41. The van der Waals surface area contributed by atoms with E-state index in [9.17, 15) is 14.6 Å². The van der Waals surface area contributed by atoms with E-state index < -0.39 is 24.5 Å². The summed E-state index contributed by atoms with van der Waals surface area (Å²) in [5.41, 5.74) is 2.31. The van der Waals surface area contributed by atoms with Crippen molar-refractivity contribution >= 4 is 11.0 Å². The lowest BCUT2D eigenvalue weighted by Crippen LogP contribution is -2.32. The molecule has 130 valence electrons. The third-order valence-electron chi connectivity index (χ3n) is 4.67. The molecular formula is C18H18FN3O3. The molecule has 1 fully saturated rings. The molecule has 1 aliphatic rings. The summed E-state index contributed by atoms with van der Waals surface area (Å²) in [6.07, 6.45) is 0.141. The number of fused-ring (bicyclic) bond motifs is 1. The zero-order valence-electron chi connectivity index (χ0n) is 13.6. The first-order valence-electron chi connectivity index (χ1n) is 8.09. The maximum Gasteiger partial charge on any atom is 0.164 e. The summed E-state index contributed by atoms with van der Waals surface area (Å²) >= 11 is 0. The number of aromatic nitrogens is 3. The van der Waals surface area contributed by atoms with E-state index in [0.29, 0.717) is 12.1 Å². The van der Waals surface area contributed by atoms with Gasteiger partial charge >= 0.3 is 0 Å². The predicted molar refractivity (Wildman–Crippen MR) is 88.3 cm³/mol. The highest BCUT2D eigenvalue weighted by atomic mass is 19.1. The van der Waals surface area contributed by atoms with Crippen LogP contribution in [-0.2, 0) is 11.2 Å². The highest BCUT2D eigenvalue weighted by Crippen LogP contribution is 2.33. The Labute approximate surface area is 143 Å². The Morgan fingerprint density at radius 3 is 2.64 bits per heavy atom. The fourth-order valence-electron chi connectivity index (χ4n) is 3.28. The molecule has 2 N–H and O–H groups in total. The minimum atomic E-state index is -1.09. The second kappa shape index (κ2) is 6.18.